The molecule has 1 N–H and O–H groups in total. The molecule has 0 radical (unpaired) electrons. The smallest absolute Gasteiger partial charge is 0.388 e. The summed E-state index contributed by atoms with van der Waals surface area (Å²) in [5, 5.41) is 12.3. The Morgan fingerprint density at radius 2 is 2.43 bits per heavy atom. The molecule has 3 heterocycles. The Morgan fingerprint density at radius 1 is 1.48 bits per heavy atom. The fourth-order valence-electron chi connectivity index (χ4n) is 1.68. The van der Waals surface area contributed by atoms with Crippen LogP contribution in [0.5, 0.6) is 5.88 Å². The zero-order valence-corrected chi connectivity index (χ0v) is 11.7. The van der Waals surface area contributed by atoms with Gasteiger partial charge in [-0.05, 0) is 22.7 Å². The summed E-state index contributed by atoms with van der Waals surface area (Å²) in [7, 11) is 0. The van der Waals surface area contributed by atoms with Crippen molar-refractivity contribution in [3.8, 4) is 16.5 Å². The molecule has 0 aliphatic heterocycles. The highest BCUT2D eigenvalue weighted by Crippen LogP contribution is 2.27. The van der Waals surface area contributed by atoms with Crippen molar-refractivity contribution < 1.29 is 14.1 Å². The third-order valence-corrected chi connectivity index (χ3v) is 3.50. The van der Waals surface area contributed by atoms with Crippen molar-refractivity contribution in [2.45, 2.75) is 6.54 Å². The molecule has 1 amide bonds. The molecule has 0 fully saturated rings. The first-order valence-electron chi connectivity index (χ1n) is 6.25. The van der Waals surface area contributed by atoms with Crippen LogP contribution in [0.2, 0.25) is 0 Å². The van der Waals surface area contributed by atoms with E-state index >= 15 is 0 Å². The Labute approximate surface area is 124 Å². The van der Waals surface area contributed by atoms with Gasteiger partial charge in [0.2, 0.25) is 0 Å². The molecular weight excluding hydrogens is 292 g/mol. The van der Waals surface area contributed by atoms with Crippen LogP contribution in [0, 0.1) is 0 Å². The highest BCUT2D eigenvalue weighted by Gasteiger charge is 2.11. The van der Waals surface area contributed by atoms with Crippen molar-refractivity contribution in [3.63, 3.8) is 0 Å². The zero-order valence-electron chi connectivity index (χ0n) is 10.9. The highest BCUT2D eigenvalue weighted by atomic mass is 32.1. The number of rotatable bonds is 5. The van der Waals surface area contributed by atoms with E-state index in [0.29, 0.717) is 18.8 Å². The van der Waals surface area contributed by atoms with E-state index in [9.17, 15) is 4.79 Å². The molecule has 0 saturated heterocycles. The summed E-state index contributed by atoms with van der Waals surface area (Å²) in [6.45, 7) is 0.984. The van der Waals surface area contributed by atoms with E-state index in [4.69, 9.17) is 9.26 Å². The molecule has 0 aliphatic rings. The Balaban J connectivity index is 1.48. The lowest BCUT2D eigenvalue weighted by molar-refractivity contribution is 0.195. The maximum absolute atomic E-state index is 11.6. The van der Waals surface area contributed by atoms with E-state index in [0.717, 1.165) is 4.88 Å². The van der Waals surface area contributed by atoms with E-state index in [1.54, 1.807) is 16.9 Å². The largest absolute Gasteiger partial charge is 0.414 e. The predicted molar refractivity (Wildman–Crippen MR) is 76.1 cm³/mol. The lowest BCUT2D eigenvalue weighted by atomic mass is 10.4. The normalized spacial score (nSPS) is 10.5. The lowest BCUT2D eigenvalue weighted by Gasteiger charge is -2.04. The summed E-state index contributed by atoms with van der Waals surface area (Å²) < 4.78 is 11.9. The van der Waals surface area contributed by atoms with Gasteiger partial charge < -0.3 is 14.6 Å². The molecule has 3 aromatic rings. The quantitative estimate of drug-likeness (QED) is 0.782. The van der Waals surface area contributed by atoms with Gasteiger partial charge in [0.05, 0.1) is 17.5 Å². The molecule has 0 aliphatic carbocycles. The number of carbonyl (C=O) groups excluding carboxylic acids is 1. The number of nitrogens with zero attached hydrogens (tertiary/aromatic N) is 3. The van der Waals surface area contributed by atoms with Crippen LogP contribution in [0.4, 0.5) is 4.79 Å². The maximum atomic E-state index is 11.6. The van der Waals surface area contributed by atoms with E-state index < -0.39 is 6.09 Å². The van der Waals surface area contributed by atoms with Gasteiger partial charge in [-0.15, -0.1) is 11.3 Å². The zero-order chi connectivity index (χ0) is 14.5. The first-order valence-corrected chi connectivity index (χ1v) is 7.13. The third-order valence-electron chi connectivity index (χ3n) is 2.62. The lowest BCUT2D eigenvalue weighted by Crippen LogP contribution is -2.30. The predicted octanol–water partition coefficient (Wildman–Crippen LogP) is 2.39. The van der Waals surface area contributed by atoms with Crippen LogP contribution in [0.3, 0.4) is 0 Å². The molecule has 21 heavy (non-hydrogen) atoms. The standard InChI is InChI=1S/C13H12N4O3S/c18-13(14-5-7-17-6-2-4-15-17)19-12-9-10(20-16-12)11-3-1-8-21-11/h1-4,6,8-9H,5,7H2,(H,14,18). The fraction of sp³-hybridized carbons (Fsp3) is 0.154. The first kappa shape index (κ1) is 13.4. The number of aromatic nitrogens is 3. The van der Waals surface area contributed by atoms with Crippen molar-refractivity contribution >= 4 is 17.4 Å². The van der Waals surface area contributed by atoms with E-state index in [1.165, 1.54) is 11.3 Å². The van der Waals surface area contributed by atoms with Crippen LogP contribution in [0.1, 0.15) is 0 Å². The van der Waals surface area contributed by atoms with Crippen molar-refractivity contribution in [2.75, 3.05) is 6.54 Å². The number of amides is 1. The van der Waals surface area contributed by atoms with E-state index in [-0.39, 0.29) is 5.88 Å². The summed E-state index contributed by atoms with van der Waals surface area (Å²) in [6.07, 6.45) is 2.92. The molecule has 3 rings (SSSR count). The van der Waals surface area contributed by atoms with Gasteiger partial charge in [0.25, 0.3) is 5.88 Å². The Bertz CT molecular complexity index is 691. The van der Waals surface area contributed by atoms with Crippen molar-refractivity contribution in [3.05, 3.63) is 42.0 Å². The molecule has 0 spiro atoms. The molecule has 0 atom stereocenters. The molecular formula is C13H12N4O3S. The number of carbonyl (C=O) groups is 1. The van der Waals surface area contributed by atoms with Crippen molar-refractivity contribution in [2.24, 2.45) is 0 Å². The number of ether oxygens (including phenoxy) is 1. The second kappa shape index (κ2) is 6.23. The Morgan fingerprint density at radius 3 is 3.19 bits per heavy atom. The number of hydrogen-bond acceptors (Lipinski definition) is 6. The van der Waals surface area contributed by atoms with Crippen molar-refractivity contribution in [1.82, 2.24) is 20.3 Å². The topological polar surface area (TPSA) is 82.2 Å². The summed E-state index contributed by atoms with van der Waals surface area (Å²) in [5.41, 5.74) is 0. The van der Waals surface area contributed by atoms with E-state index in [1.807, 2.05) is 29.8 Å². The molecule has 0 aromatic carbocycles. The van der Waals surface area contributed by atoms with Gasteiger partial charge >= 0.3 is 6.09 Å². The van der Waals surface area contributed by atoms with Gasteiger partial charge in [-0.3, -0.25) is 4.68 Å². The van der Waals surface area contributed by atoms with E-state index in [2.05, 4.69) is 15.6 Å². The molecule has 8 heteroatoms. The van der Waals surface area contributed by atoms with Crippen LogP contribution in [0.25, 0.3) is 10.6 Å². The SMILES string of the molecule is O=C(NCCn1cccn1)Oc1cc(-c2cccs2)on1. The van der Waals surface area contributed by atoms with Gasteiger partial charge in [0.15, 0.2) is 5.76 Å². The molecule has 0 saturated carbocycles. The van der Waals surface area contributed by atoms with Crippen LogP contribution in [-0.2, 0) is 6.54 Å². The van der Waals surface area contributed by atoms with Gasteiger partial charge in [-0.2, -0.15) is 5.10 Å². The number of hydrogen-bond donors (Lipinski definition) is 1. The number of nitrogens with one attached hydrogen (secondary N) is 1. The Hall–Kier alpha value is -2.61. The minimum absolute atomic E-state index is 0.134. The summed E-state index contributed by atoms with van der Waals surface area (Å²) in [6, 6.07) is 7.21. The average molecular weight is 304 g/mol. The summed E-state index contributed by atoms with van der Waals surface area (Å²) in [4.78, 5) is 12.5. The number of thiophene rings is 1. The first-order chi connectivity index (χ1) is 10.3. The minimum atomic E-state index is -0.576. The van der Waals surface area contributed by atoms with Gasteiger partial charge in [0.1, 0.15) is 0 Å². The highest BCUT2D eigenvalue weighted by molar-refractivity contribution is 7.13. The third kappa shape index (κ3) is 3.48. The Kier molecular flexibility index (Phi) is 3.97. The second-order valence-corrected chi connectivity index (χ2v) is 5.04. The maximum Gasteiger partial charge on any atom is 0.414 e. The average Bonchev–Trinajstić information content (AvgIpc) is 3.21. The summed E-state index contributed by atoms with van der Waals surface area (Å²) >= 11 is 1.52. The van der Waals surface area contributed by atoms with Crippen LogP contribution in [0.15, 0.2) is 46.6 Å². The van der Waals surface area contributed by atoms with Gasteiger partial charge in [0, 0.05) is 18.9 Å². The van der Waals surface area contributed by atoms with Gasteiger partial charge in [-0.1, -0.05) is 6.07 Å². The minimum Gasteiger partial charge on any atom is -0.388 e. The molecule has 108 valence electrons. The molecule has 0 unspecified atom stereocenters. The van der Waals surface area contributed by atoms with Crippen LogP contribution < -0.4 is 10.1 Å². The molecule has 3 aromatic heterocycles. The van der Waals surface area contributed by atoms with Crippen LogP contribution in [-0.4, -0.2) is 27.6 Å². The fourth-order valence-corrected chi connectivity index (χ4v) is 2.35. The van der Waals surface area contributed by atoms with Gasteiger partial charge in [-0.25, -0.2) is 4.79 Å². The van der Waals surface area contributed by atoms with Crippen molar-refractivity contribution in [1.29, 1.82) is 0 Å². The molecule has 7 nitrogen and oxygen atoms in total. The van der Waals surface area contributed by atoms with Crippen LogP contribution >= 0.6 is 11.3 Å². The monoisotopic (exact) mass is 304 g/mol. The second-order valence-electron chi connectivity index (χ2n) is 4.09. The summed E-state index contributed by atoms with van der Waals surface area (Å²) in [5.74, 6) is 0.708. The molecule has 0 bridgehead atoms.